The first-order valence-corrected chi connectivity index (χ1v) is 27.6. The van der Waals surface area contributed by atoms with Gasteiger partial charge in [0.25, 0.3) is 6.47 Å². The molecule has 0 aliphatic rings. The molecule has 14 aromatic rings. The van der Waals surface area contributed by atoms with Crippen LogP contribution in [0.25, 0.3) is 86.7 Å². The van der Waals surface area contributed by atoms with Gasteiger partial charge in [0.2, 0.25) is 0 Å². The van der Waals surface area contributed by atoms with Crippen molar-refractivity contribution in [1.82, 2.24) is 15.3 Å². The average molecular weight is 1130 g/mol. The molecule has 0 radical (unpaired) electrons. The molecular formula is C71H56Cl2N6O4. The molecule has 83 heavy (non-hydrogen) atoms. The van der Waals surface area contributed by atoms with Gasteiger partial charge in [0, 0.05) is 67.6 Å². The number of carboxylic acids is 1. The zero-order valence-electron chi connectivity index (χ0n) is 45.1. The summed E-state index contributed by atoms with van der Waals surface area (Å²) in [6.45, 7) is 2.15. The number of aromatic carboxylic acids is 1. The lowest BCUT2D eigenvalue weighted by molar-refractivity contribution is -0.120. The molecule has 0 fully saturated rings. The minimum atomic E-state index is -0.937. The van der Waals surface area contributed by atoms with Crippen molar-refractivity contribution in [2.45, 2.75) is 0 Å². The van der Waals surface area contributed by atoms with Gasteiger partial charge >= 0.3 is 5.97 Å². The fourth-order valence-corrected chi connectivity index (χ4v) is 10.3. The Balaban J connectivity index is 0.000000120. The number of nitrogen functional groups attached to an aromatic ring is 1. The first-order chi connectivity index (χ1) is 40.7. The van der Waals surface area contributed by atoms with Crippen molar-refractivity contribution in [3.63, 3.8) is 0 Å². The maximum absolute atomic E-state index is 11.2. The van der Waals surface area contributed by atoms with Crippen LogP contribution < -0.4 is 26.4 Å². The van der Waals surface area contributed by atoms with Gasteiger partial charge in [0.05, 0.1) is 49.1 Å². The number of carbonyl (C=O) groups is 2. The fraction of sp³-hybridized carbons (Fsp3) is 0.0423. The average Bonchev–Trinajstić information content (AvgIpc) is 3.41. The number of para-hydroxylation sites is 4. The van der Waals surface area contributed by atoms with Crippen LogP contribution in [0.2, 0.25) is 10.0 Å². The largest absolute Gasteiger partial charge is 0.478 e. The molecule has 0 bridgehead atoms. The topological polar surface area (TPSA) is 151 Å². The van der Waals surface area contributed by atoms with Crippen molar-refractivity contribution in [2.75, 3.05) is 36.5 Å². The van der Waals surface area contributed by atoms with Crippen LogP contribution in [0.5, 0.6) is 5.75 Å². The number of carbonyl (C=O) groups excluding carboxylic acids is 1. The molecule has 12 heteroatoms. The maximum atomic E-state index is 11.2. The molecule has 2 heterocycles. The first-order valence-electron chi connectivity index (χ1n) is 26.8. The van der Waals surface area contributed by atoms with Crippen LogP contribution >= 0.6 is 23.2 Å². The van der Waals surface area contributed by atoms with E-state index in [1.807, 2.05) is 128 Å². The van der Waals surface area contributed by atoms with E-state index >= 15 is 0 Å². The van der Waals surface area contributed by atoms with Crippen molar-refractivity contribution >= 4 is 145 Å². The van der Waals surface area contributed by atoms with Crippen molar-refractivity contribution < 1.29 is 19.4 Å². The van der Waals surface area contributed by atoms with E-state index in [4.69, 9.17) is 38.9 Å². The summed E-state index contributed by atoms with van der Waals surface area (Å²) in [4.78, 5) is 30.8. The summed E-state index contributed by atoms with van der Waals surface area (Å²) in [5.74, 6) is -0.549. The van der Waals surface area contributed by atoms with Crippen LogP contribution in [0.1, 0.15) is 10.4 Å². The van der Waals surface area contributed by atoms with E-state index < -0.39 is 5.97 Å². The van der Waals surface area contributed by atoms with Crippen molar-refractivity contribution in [3.05, 3.63) is 270 Å². The smallest absolute Gasteiger partial charge is 0.337 e. The Kier molecular flexibility index (Phi) is 18.2. The predicted octanol–water partition coefficient (Wildman–Crippen LogP) is 17.9. The molecule has 0 saturated heterocycles. The molecule has 0 saturated carbocycles. The SMILES string of the molecule is CNCCNc1c2ccccc2nc2c1ccc1ccccc12.Clc1c2ccccc2nc2c1ccc1ccccc12.Nc1cccc2ccccc12.O=C(O)c1ccccc1Nc1cccc2ccccc12.O=COc1ccccc1Cl. The van der Waals surface area contributed by atoms with Gasteiger partial charge in [0.1, 0.15) is 5.75 Å². The quantitative estimate of drug-likeness (QED) is 0.0311. The number of carboxylic acid groups (broad SMARTS) is 1. The summed E-state index contributed by atoms with van der Waals surface area (Å²) in [5, 5.41) is 34.1. The third kappa shape index (κ3) is 13.1. The Morgan fingerprint density at radius 3 is 1.58 bits per heavy atom. The first kappa shape index (κ1) is 56.2. The molecule has 0 unspecified atom stereocenters. The highest BCUT2D eigenvalue weighted by molar-refractivity contribution is 6.41. The summed E-state index contributed by atoms with van der Waals surface area (Å²) in [6.07, 6.45) is 0. The summed E-state index contributed by atoms with van der Waals surface area (Å²) in [5.41, 5.74) is 13.5. The van der Waals surface area contributed by atoms with Gasteiger partial charge in [-0.05, 0) is 77.1 Å². The highest BCUT2D eigenvalue weighted by Gasteiger charge is 2.13. The second-order valence-corrected chi connectivity index (χ2v) is 19.8. The Hall–Kier alpha value is -10.1. The number of nitrogens with one attached hydrogen (secondary N) is 3. The molecule has 0 atom stereocenters. The number of pyridine rings is 2. The number of halogens is 2. The summed E-state index contributed by atoms with van der Waals surface area (Å²) in [6, 6.07) is 83.2. The van der Waals surface area contributed by atoms with Crippen LogP contribution in [-0.4, -0.2) is 47.7 Å². The molecule has 12 aromatic carbocycles. The van der Waals surface area contributed by atoms with Crippen molar-refractivity contribution in [3.8, 4) is 5.75 Å². The second kappa shape index (κ2) is 26.9. The Labute approximate surface area is 489 Å². The number of hydrogen-bond donors (Lipinski definition) is 5. The normalized spacial score (nSPS) is 10.7. The number of nitrogens with zero attached hydrogens (tertiary/aromatic N) is 2. The number of rotatable bonds is 9. The molecule has 0 aliphatic heterocycles. The number of anilines is 4. The molecule has 6 N–H and O–H groups in total. The van der Waals surface area contributed by atoms with Crippen LogP contribution in [0, 0.1) is 0 Å². The zero-order valence-corrected chi connectivity index (χ0v) is 46.7. The lowest BCUT2D eigenvalue weighted by atomic mass is 10.0. The van der Waals surface area contributed by atoms with E-state index in [-0.39, 0.29) is 5.56 Å². The Morgan fingerprint density at radius 2 is 0.952 bits per heavy atom. The van der Waals surface area contributed by atoms with Crippen LogP contribution in [0.4, 0.5) is 22.7 Å². The number of ether oxygens (including phenoxy) is 1. The lowest BCUT2D eigenvalue weighted by Gasteiger charge is -2.14. The number of benzene rings is 12. The van der Waals surface area contributed by atoms with Gasteiger partial charge < -0.3 is 31.5 Å². The van der Waals surface area contributed by atoms with Crippen LogP contribution in [0.3, 0.4) is 0 Å². The molecule has 14 rings (SSSR count). The standard InChI is InChI=1S/C20H19N3.C17H10ClN.C17H13NO2.C10H9N.C7H5ClO2/c1-21-12-13-22-19-16-8-4-5-9-18(16)23-20-15-7-3-2-6-14(15)10-11-17(19)20;18-16-13-7-3-4-8-15(13)19-17-12-6-2-1-5-11(12)9-10-14(16)17;19-17(20)14-9-3-4-10-16(14)18-15-11-5-7-12-6-1-2-8-13(12)15;11-10-7-3-5-8-4-1-2-6-9(8)10;8-6-3-1-2-4-7(6)10-5-9/h2-11,21H,12-13H2,1H3,(H,22,23);1-10H;1-11,18H,(H,19,20);1-7H,11H2;1-5H. The molecule has 0 aliphatic carbocycles. The minimum absolute atomic E-state index is 0.264. The highest BCUT2D eigenvalue weighted by atomic mass is 35.5. The van der Waals surface area contributed by atoms with Gasteiger partial charge in [-0.1, -0.05) is 229 Å². The molecule has 408 valence electrons. The Morgan fingerprint density at radius 1 is 0.482 bits per heavy atom. The third-order valence-corrected chi connectivity index (χ3v) is 14.5. The van der Waals surface area contributed by atoms with Gasteiger partial charge in [-0.2, -0.15) is 0 Å². The van der Waals surface area contributed by atoms with Crippen LogP contribution in [-0.2, 0) is 4.79 Å². The minimum Gasteiger partial charge on any atom is -0.478 e. The Bertz CT molecular complexity index is 4610. The number of nitrogens with two attached hydrogens (primary N) is 1. The van der Waals surface area contributed by atoms with E-state index in [0.29, 0.717) is 22.9 Å². The van der Waals surface area contributed by atoms with Gasteiger partial charge in [0.15, 0.2) is 0 Å². The molecular weight excluding hydrogens is 1070 g/mol. The van der Waals surface area contributed by atoms with Crippen LogP contribution in [0.15, 0.2) is 255 Å². The maximum Gasteiger partial charge on any atom is 0.337 e. The van der Waals surface area contributed by atoms with E-state index in [9.17, 15) is 14.7 Å². The number of likely N-dealkylation sites (N-methyl/N-ethyl adjacent to an activating group) is 1. The van der Waals surface area contributed by atoms with Gasteiger partial charge in [-0.25, -0.2) is 14.8 Å². The van der Waals surface area contributed by atoms with E-state index in [2.05, 4.69) is 112 Å². The number of hydrogen-bond acceptors (Lipinski definition) is 9. The zero-order chi connectivity index (χ0) is 57.5. The van der Waals surface area contributed by atoms with Gasteiger partial charge in [-0.3, -0.25) is 4.79 Å². The van der Waals surface area contributed by atoms with Crippen molar-refractivity contribution in [1.29, 1.82) is 0 Å². The third-order valence-electron chi connectivity index (χ3n) is 13.8. The number of aromatic nitrogens is 2. The van der Waals surface area contributed by atoms with E-state index in [0.717, 1.165) is 83.9 Å². The second-order valence-electron chi connectivity index (χ2n) is 19.1. The molecule has 10 nitrogen and oxygen atoms in total. The predicted molar refractivity (Wildman–Crippen MR) is 348 cm³/mol. The number of fused-ring (bicyclic) bond motifs is 10. The van der Waals surface area contributed by atoms with Gasteiger partial charge in [-0.15, -0.1) is 0 Å². The summed E-state index contributed by atoms with van der Waals surface area (Å²) >= 11 is 12.2. The summed E-state index contributed by atoms with van der Waals surface area (Å²) < 4.78 is 4.52. The highest BCUT2D eigenvalue weighted by Crippen LogP contribution is 2.36. The van der Waals surface area contributed by atoms with E-state index in [1.165, 1.54) is 38.0 Å². The molecule has 0 amide bonds. The summed E-state index contributed by atoms with van der Waals surface area (Å²) in [7, 11) is 1.97. The lowest BCUT2D eigenvalue weighted by Crippen LogP contribution is -2.18. The molecule has 2 aromatic heterocycles. The van der Waals surface area contributed by atoms with E-state index in [1.54, 1.807) is 42.5 Å². The monoisotopic (exact) mass is 1130 g/mol. The molecule has 0 spiro atoms. The fourth-order valence-electron chi connectivity index (χ4n) is 9.80. The van der Waals surface area contributed by atoms with Crippen molar-refractivity contribution in [2.24, 2.45) is 0 Å².